The molecule has 1 amide bonds. The van der Waals surface area contributed by atoms with Gasteiger partial charge in [0.25, 0.3) is 0 Å². The number of carbonyl (C=O) groups excluding carboxylic acids is 1. The van der Waals surface area contributed by atoms with Gasteiger partial charge < -0.3 is 14.7 Å². The number of likely N-dealkylation sites (tertiary alicyclic amines) is 1. The minimum Gasteiger partial charge on any atom is -0.445 e. The number of aliphatic hydroxyl groups is 1. The predicted octanol–water partition coefficient (Wildman–Crippen LogP) is 1.68. The number of hydrogen-bond donors (Lipinski definition) is 1. The maximum absolute atomic E-state index is 11.8. The molecule has 100 valence electrons. The van der Waals surface area contributed by atoms with Crippen LogP contribution in [0.25, 0.3) is 10.4 Å². The van der Waals surface area contributed by atoms with E-state index in [9.17, 15) is 9.90 Å². The lowest BCUT2D eigenvalue weighted by Crippen LogP contribution is -2.30. The molecule has 7 heteroatoms. The minimum atomic E-state index is -0.833. The summed E-state index contributed by atoms with van der Waals surface area (Å²) in [5.41, 5.74) is 9.22. The second-order valence-electron chi connectivity index (χ2n) is 4.28. The largest absolute Gasteiger partial charge is 0.445 e. The number of ether oxygens (including phenoxy) is 1. The maximum Gasteiger partial charge on any atom is 0.410 e. The highest BCUT2D eigenvalue weighted by Crippen LogP contribution is 2.15. The molecule has 0 aromatic heterocycles. The van der Waals surface area contributed by atoms with Crippen molar-refractivity contribution in [3.63, 3.8) is 0 Å². The molecule has 1 aliphatic heterocycles. The Morgan fingerprint density at radius 2 is 2.21 bits per heavy atom. The van der Waals surface area contributed by atoms with Gasteiger partial charge in [0, 0.05) is 11.5 Å². The first-order valence-electron chi connectivity index (χ1n) is 5.88. The Labute approximate surface area is 110 Å². The molecule has 1 saturated heterocycles. The van der Waals surface area contributed by atoms with Crippen molar-refractivity contribution in [2.75, 3.05) is 13.1 Å². The van der Waals surface area contributed by atoms with E-state index in [1.54, 1.807) is 0 Å². The quantitative estimate of drug-likeness (QED) is 0.509. The lowest BCUT2D eigenvalue weighted by Gasteiger charge is -2.15. The Bertz CT molecular complexity index is 487. The molecular formula is C12H14N4O3. The SMILES string of the molecule is [N-]=[N+]=NC1CN(C(=O)OCc2ccccc2)CC1O. The van der Waals surface area contributed by atoms with E-state index >= 15 is 0 Å². The summed E-state index contributed by atoms with van der Waals surface area (Å²) in [7, 11) is 0. The molecule has 19 heavy (non-hydrogen) atoms. The molecule has 0 radical (unpaired) electrons. The molecule has 1 fully saturated rings. The van der Waals surface area contributed by atoms with Gasteiger partial charge in [-0.1, -0.05) is 35.4 Å². The molecule has 1 heterocycles. The van der Waals surface area contributed by atoms with E-state index in [1.807, 2.05) is 30.3 Å². The van der Waals surface area contributed by atoms with Crippen LogP contribution in [0.2, 0.25) is 0 Å². The van der Waals surface area contributed by atoms with Gasteiger partial charge in [-0.3, -0.25) is 0 Å². The first kappa shape index (κ1) is 13.2. The lowest BCUT2D eigenvalue weighted by molar-refractivity contribution is 0.0971. The Morgan fingerprint density at radius 3 is 2.89 bits per heavy atom. The molecule has 2 atom stereocenters. The molecular weight excluding hydrogens is 248 g/mol. The van der Waals surface area contributed by atoms with Crippen molar-refractivity contribution < 1.29 is 14.6 Å². The van der Waals surface area contributed by atoms with Crippen LogP contribution < -0.4 is 0 Å². The Kier molecular flexibility index (Phi) is 4.22. The molecule has 2 rings (SSSR count). The summed E-state index contributed by atoms with van der Waals surface area (Å²) in [6.07, 6.45) is -1.35. The van der Waals surface area contributed by atoms with E-state index in [0.717, 1.165) is 5.56 Å². The molecule has 0 spiro atoms. The Hall–Kier alpha value is -2.24. The van der Waals surface area contributed by atoms with Crippen molar-refractivity contribution in [1.29, 1.82) is 0 Å². The van der Waals surface area contributed by atoms with Crippen LogP contribution in [0.5, 0.6) is 0 Å². The third-order valence-corrected chi connectivity index (χ3v) is 2.92. The van der Waals surface area contributed by atoms with Crippen LogP contribution in [-0.4, -0.2) is 41.3 Å². The average molecular weight is 262 g/mol. The van der Waals surface area contributed by atoms with Crippen LogP contribution in [-0.2, 0) is 11.3 Å². The smallest absolute Gasteiger partial charge is 0.410 e. The number of azide groups is 1. The van der Waals surface area contributed by atoms with Gasteiger partial charge in [0.15, 0.2) is 0 Å². The highest BCUT2D eigenvalue weighted by molar-refractivity contribution is 5.68. The molecule has 0 saturated carbocycles. The van der Waals surface area contributed by atoms with Crippen LogP contribution in [0, 0.1) is 0 Å². The third kappa shape index (κ3) is 3.37. The topological polar surface area (TPSA) is 98.5 Å². The number of carbonyl (C=O) groups is 1. The summed E-state index contributed by atoms with van der Waals surface area (Å²) < 4.78 is 5.13. The molecule has 1 aromatic rings. The number of benzene rings is 1. The second-order valence-corrected chi connectivity index (χ2v) is 4.28. The van der Waals surface area contributed by atoms with Crippen LogP contribution in [0.4, 0.5) is 4.79 Å². The highest BCUT2D eigenvalue weighted by Gasteiger charge is 2.34. The van der Waals surface area contributed by atoms with Crippen LogP contribution in [0.1, 0.15) is 5.56 Å². The van der Waals surface area contributed by atoms with Crippen molar-refractivity contribution in [2.45, 2.75) is 18.8 Å². The van der Waals surface area contributed by atoms with Gasteiger partial charge in [0.05, 0.1) is 18.7 Å². The number of rotatable bonds is 3. The number of aliphatic hydroxyl groups excluding tert-OH is 1. The van der Waals surface area contributed by atoms with E-state index in [4.69, 9.17) is 10.3 Å². The van der Waals surface area contributed by atoms with Crippen LogP contribution >= 0.6 is 0 Å². The van der Waals surface area contributed by atoms with E-state index in [0.29, 0.717) is 0 Å². The molecule has 1 aliphatic rings. The predicted molar refractivity (Wildman–Crippen MR) is 67.1 cm³/mol. The van der Waals surface area contributed by atoms with E-state index in [2.05, 4.69) is 10.0 Å². The zero-order chi connectivity index (χ0) is 13.7. The average Bonchev–Trinajstić information content (AvgIpc) is 2.79. The summed E-state index contributed by atoms with van der Waals surface area (Å²) in [4.78, 5) is 15.8. The highest BCUT2D eigenvalue weighted by atomic mass is 16.6. The first-order valence-corrected chi connectivity index (χ1v) is 5.88. The van der Waals surface area contributed by atoms with Crippen molar-refractivity contribution in [1.82, 2.24) is 4.90 Å². The number of amides is 1. The van der Waals surface area contributed by atoms with Crippen molar-refractivity contribution in [3.8, 4) is 0 Å². The number of β-amino-alcohol motifs (C(OH)–C–C–N with tert-alkyl or cyclic N) is 1. The van der Waals surface area contributed by atoms with Crippen molar-refractivity contribution >= 4 is 6.09 Å². The Morgan fingerprint density at radius 1 is 1.47 bits per heavy atom. The van der Waals surface area contributed by atoms with E-state index in [1.165, 1.54) is 4.90 Å². The number of hydrogen-bond acceptors (Lipinski definition) is 4. The minimum absolute atomic E-state index is 0.122. The number of nitrogens with zero attached hydrogens (tertiary/aromatic N) is 4. The zero-order valence-electron chi connectivity index (χ0n) is 10.2. The normalized spacial score (nSPS) is 21.8. The molecule has 0 aliphatic carbocycles. The molecule has 1 N–H and O–H groups in total. The zero-order valence-corrected chi connectivity index (χ0v) is 10.2. The van der Waals surface area contributed by atoms with Crippen molar-refractivity contribution in [3.05, 3.63) is 46.3 Å². The summed E-state index contributed by atoms with van der Waals surface area (Å²) in [6, 6.07) is 8.71. The monoisotopic (exact) mass is 262 g/mol. The fourth-order valence-electron chi connectivity index (χ4n) is 1.91. The molecule has 0 bridgehead atoms. The summed E-state index contributed by atoms with van der Waals surface area (Å²) in [5.74, 6) is 0. The molecule has 1 aromatic carbocycles. The van der Waals surface area contributed by atoms with Gasteiger partial charge in [-0.25, -0.2) is 4.79 Å². The summed E-state index contributed by atoms with van der Waals surface area (Å²) >= 11 is 0. The second kappa shape index (κ2) is 6.08. The third-order valence-electron chi connectivity index (χ3n) is 2.92. The first-order chi connectivity index (χ1) is 9.20. The van der Waals surface area contributed by atoms with Gasteiger partial charge in [-0.15, -0.1) is 0 Å². The van der Waals surface area contributed by atoms with Gasteiger partial charge in [0.2, 0.25) is 0 Å². The molecule has 7 nitrogen and oxygen atoms in total. The van der Waals surface area contributed by atoms with Gasteiger partial charge in [-0.2, -0.15) is 0 Å². The summed E-state index contributed by atoms with van der Waals surface area (Å²) in [5, 5.41) is 13.0. The van der Waals surface area contributed by atoms with Gasteiger partial charge >= 0.3 is 6.09 Å². The maximum atomic E-state index is 11.8. The van der Waals surface area contributed by atoms with E-state index in [-0.39, 0.29) is 19.7 Å². The fourth-order valence-corrected chi connectivity index (χ4v) is 1.91. The Balaban J connectivity index is 1.86. The lowest BCUT2D eigenvalue weighted by atomic mass is 10.2. The molecule has 2 unspecified atom stereocenters. The van der Waals surface area contributed by atoms with Crippen molar-refractivity contribution in [2.24, 2.45) is 5.11 Å². The van der Waals surface area contributed by atoms with E-state index < -0.39 is 18.2 Å². The van der Waals surface area contributed by atoms with Crippen LogP contribution in [0.3, 0.4) is 0 Å². The fraction of sp³-hybridized carbons (Fsp3) is 0.417. The van der Waals surface area contributed by atoms with Gasteiger partial charge in [0.1, 0.15) is 6.61 Å². The summed E-state index contributed by atoms with van der Waals surface area (Å²) in [6.45, 7) is 0.481. The standard InChI is InChI=1S/C12H14N4O3/c13-15-14-10-6-16(7-11(10)17)12(18)19-8-9-4-2-1-3-5-9/h1-5,10-11,17H,6-8H2. The van der Waals surface area contributed by atoms with Crippen LogP contribution in [0.15, 0.2) is 35.4 Å². The van der Waals surface area contributed by atoms with Gasteiger partial charge in [-0.05, 0) is 11.1 Å².